The predicted octanol–water partition coefficient (Wildman–Crippen LogP) is 3.60. The second-order valence-corrected chi connectivity index (χ2v) is 6.27. The number of pyridine rings is 1. The molecule has 0 radical (unpaired) electrons. The lowest BCUT2D eigenvalue weighted by Crippen LogP contribution is -2.37. The summed E-state index contributed by atoms with van der Waals surface area (Å²) in [6.07, 6.45) is 3.53. The van der Waals surface area contributed by atoms with E-state index in [4.69, 9.17) is 9.52 Å². The summed E-state index contributed by atoms with van der Waals surface area (Å²) in [5.41, 5.74) is 4.30. The first-order valence-corrected chi connectivity index (χ1v) is 9.57. The zero-order valence-corrected chi connectivity index (χ0v) is 16.2. The molecular formula is C21H27N5O. The number of para-hydroxylation sites is 1. The average molecular weight is 365 g/mol. The average Bonchev–Trinajstić information content (AvgIpc) is 3.12. The Labute approximate surface area is 160 Å². The first-order valence-electron chi connectivity index (χ1n) is 9.57. The lowest BCUT2D eigenvalue weighted by atomic mass is 10.1. The highest BCUT2D eigenvalue weighted by atomic mass is 16.5. The Balaban J connectivity index is 1.76. The topological polar surface area (TPSA) is 75.3 Å². The molecule has 0 amide bonds. The maximum Gasteiger partial charge on any atom is 0.191 e. The van der Waals surface area contributed by atoms with Crippen molar-refractivity contribution >= 4 is 16.9 Å². The molecular weight excluding hydrogens is 338 g/mol. The molecule has 2 aromatic heterocycles. The van der Waals surface area contributed by atoms with Crippen molar-refractivity contribution in [2.24, 2.45) is 4.99 Å². The van der Waals surface area contributed by atoms with Crippen LogP contribution in [0.5, 0.6) is 0 Å². The predicted molar refractivity (Wildman–Crippen MR) is 109 cm³/mol. The fourth-order valence-corrected chi connectivity index (χ4v) is 3.11. The summed E-state index contributed by atoms with van der Waals surface area (Å²) < 4.78 is 5.45. The molecule has 0 saturated heterocycles. The van der Waals surface area contributed by atoms with Gasteiger partial charge in [-0.25, -0.2) is 4.99 Å². The largest absolute Gasteiger partial charge is 0.361 e. The van der Waals surface area contributed by atoms with E-state index >= 15 is 0 Å². The maximum atomic E-state index is 5.45. The van der Waals surface area contributed by atoms with Crippen LogP contribution in [0.25, 0.3) is 10.9 Å². The highest BCUT2D eigenvalue weighted by Crippen LogP contribution is 2.17. The van der Waals surface area contributed by atoms with Gasteiger partial charge in [-0.15, -0.1) is 0 Å². The van der Waals surface area contributed by atoms with E-state index in [1.165, 1.54) is 0 Å². The van der Waals surface area contributed by atoms with E-state index in [1.54, 1.807) is 0 Å². The maximum absolute atomic E-state index is 5.45. The number of hydrogen-bond acceptors (Lipinski definition) is 4. The van der Waals surface area contributed by atoms with Crippen molar-refractivity contribution in [1.29, 1.82) is 0 Å². The second-order valence-electron chi connectivity index (χ2n) is 6.27. The van der Waals surface area contributed by atoms with Crippen molar-refractivity contribution < 1.29 is 4.52 Å². The minimum absolute atomic E-state index is 0.587. The number of benzene rings is 1. The molecule has 0 unspecified atom stereocenters. The fourth-order valence-electron chi connectivity index (χ4n) is 3.11. The van der Waals surface area contributed by atoms with Crippen LogP contribution in [0.1, 0.15) is 43.4 Å². The van der Waals surface area contributed by atoms with Gasteiger partial charge in [-0.3, -0.25) is 4.98 Å². The summed E-state index contributed by atoms with van der Waals surface area (Å²) in [5, 5.41) is 12.0. The van der Waals surface area contributed by atoms with Crippen LogP contribution in [0.3, 0.4) is 0 Å². The molecule has 142 valence electrons. The first kappa shape index (κ1) is 18.9. The van der Waals surface area contributed by atoms with Gasteiger partial charge in [0.15, 0.2) is 5.96 Å². The molecule has 6 nitrogen and oxygen atoms in total. The molecule has 0 bridgehead atoms. The van der Waals surface area contributed by atoms with E-state index in [0.29, 0.717) is 13.1 Å². The van der Waals surface area contributed by atoms with Gasteiger partial charge in [0.2, 0.25) is 0 Å². The van der Waals surface area contributed by atoms with Gasteiger partial charge < -0.3 is 15.2 Å². The molecule has 3 rings (SSSR count). The van der Waals surface area contributed by atoms with Crippen LogP contribution in [0.2, 0.25) is 0 Å². The summed E-state index contributed by atoms with van der Waals surface area (Å²) in [5.74, 6) is 1.72. The quantitative estimate of drug-likeness (QED) is 0.494. The highest BCUT2D eigenvalue weighted by Gasteiger charge is 2.13. The van der Waals surface area contributed by atoms with Gasteiger partial charge in [0.25, 0.3) is 0 Å². The molecule has 0 aliphatic rings. The zero-order valence-electron chi connectivity index (χ0n) is 16.2. The molecule has 0 saturated carbocycles. The van der Waals surface area contributed by atoms with Crippen LogP contribution < -0.4 is 10.6 Å². The van der Waals surface area contributed by atoms with Crippen LogP contribution >= 0.6 is 0 Å². The summed E-state index contributed by atoms with van der Waals surface area (Å²) in [6, 6.07) is 10.2. The molecule has 0 aliphatic heterocycles. The summed E-state index contributed by atoms with van der Waals surface area (Å²) in [6.45, 7) is 8.27. The van der Waals surface area contributed by atoms with Gasteiger partial charge in [-0.1, -0.05) is 37.2 Å². The minimum atomic E-state index is 0.587. The molecule has 0 fully saturated rings. The van der Waals surface area contributed by atoms with Crippen molar-refractivity contribution in [1.82, 2.24) is 20.8 Å². The number of aromatic nitrogens is 2. The SMILES string of the molecule is CCNC(=NCc1ccnc2ccccc12)NCc1c(CC)noc1CC. The Morgan fingerprint density at radius 2 is 1.93 bits per heavy atom. The third-order valence-electron chi connectivity index (χ3n) is 4.53. The van der Waals surface area contributed by atoms with Crippen LogP contribution in [0.15, 0.2) is 46.0 Å². The normalized spacial score (nSPS) is 11.7. The number of nitrogens with one attached hydrogen (secondary N) is 2. The van der Waals surface area contributed by atoms with Gasteiger partial charge in [0, 0.05) is 36.7 Å². The summed E-state index contributed by atoms with van der Waals surface area (Å²) in [4.78, 5) is 9.18. The smallest absolute Gasteiger partial charge is 0.191 e. The number of aliphatic imine (C=N–C) groups is 1. The lowest BCUT2D eigenvalue weighted by Gasteiger charge is -2.12. The van der Waals surface area contributed by atoms with Gasteiger partial charge in [-0.05, 0) is 31.0 Å². The number of hydrogen-bond donors (Lipinski definition) is 2. The van der Waals surface area contributed by atoms with E-state index in [0.717, 1.165) is 58.8 Å². The number of fused-ring (bicyclic) bond motifs is 1. The number of guanidine groups is 1. The van der Waals surface area contributed by atoms with Gasteiger partial charge in [0.05, 0.1) is 17.8 Å². The van der Waals surface area contributed by atoms with Gasteiger partial charge in [0.1, 0.15) is 5.76 Å². The number of aryl methyl sites for hydroxylation is 2. The van der Waals surface area contributed by atoms with E-state index in [1.807, 2.05) is 30.5 Å². The van der Waals surface area contributed by atoms with Gasteiger partial charge in [-0.2, -0.15) is 0 Å². The van der Waals surface area contributed by atoms with E-state index in [-0.39, 0.29) is 0 Å². The Kier molecular flexibility index (Phi) is 6.41. The molecule has 1 aromatic carbocycles. The van der Waals surface area contributed by atoms with Crippen LogP contribution in [0.4, 0.5) is 0 Å². The van der Waals surface area contributed by atoms with Crippen molar-refractivity contribution in [3.63, 3.8) is 0 Å². The third kappa shape index (κ3) is 4.45. The lowest BCUT2D eigenvalue weighted by molar-refractivity contribution is 0.380. The fraction of sp³-hybridized carbons (Fsp3) is 0.381. The van der Waals surface area contributed by atoms with Gasteiger partial charge >= 0.3 is 0 Å². The molecule has 2 heterocycles. The second kappa shape index (κ2) is 9.16. The van der Waals surface area contributed by atoms with Crippen LogP contribution in [-0.2, 0) is 25.9 Å². The summed E-state index contributed by atoms with van der Waals surface area (Å²) in [7, 11) is 0. The Bertz CT molecular complexity index is 889. The Morgan fingerprint density at radius 1 is 1.07 bits per heavy atom. The van der Waals surface area contributed by atoms with Crippen molar-refractivity contribution in [2.45, 2.75) is 46.7 Å². The number of nitrogens with zero attached hydrogens (tertiary/aromatic N) is 3. The van der Waals surface area contributed by atoms with E-state index in [2.05, 4.69) is 47.6 Å². The van der Waals surface area contributed by atoms with Crippen molar-refractivity contribution in [3.8, 4) is 0 Å². The summed E-state index contributed by atoms with van der Waals surface area (Å²) >= 11 is 0. The van der Waals surface area contributed by atoms with Crippen LogP contribution in [-0.4, -0.2) is 22.6 Å². The minimum Gasteiger partial charge on any atom is -0.361 e. The first-order chi connectivity index (χ1) is 13.3. The van der Waals surface area contributed by atoms with E-state index in [9.17, 15) is 0 Å². The molecule has 2 N–H and O–H groups in total. The number of rotatable bonds is 7. The molecule has 0 aliphatic carbocycles. The Hall–Kier alpha value is -2.89. The third-order valence-corrected chi connectivity index (χ3v) is 4.53. The molecule has 27 heavy (non-hydrogen) atoms. The van der Waals surface area contributed by atoms with Crippen LogP contribution in [0, 0.1) is 0 Å². The monoisotopic (exact) mass is 365 g/mol. The van der Waals surface area contributed by atoms with Crippen molar-refractivity contribution in [3.05, 3.63) is 59.1 Å². The molecule has 3 aromatic rings. The zero-order chi connectivity index (χ0) is 19.1. The molecule has 0 atom stereocenters. The van der Waals surface area contributed by atoms with E-state index < -0.39 is 0 Å². The highest BCUT2D eigenvalue weighted by molar-refractivity contribution is 5.83. The molecule has 6 heteroatoms. The Morgan fingerprint density at radius 3 is 2.70 bits per heavy atom. The molecule has 0 spiro atoms. The standard InChI is InChI=1S/C21H27N5O/c1-4-18-17(20(5-2)27-26-18)14-25-21(22-6-3)24-13-15-11-12-23-19-10-8-7-9-16(15)19/h7-12H,4-6,13-14H2,1-3H3,(H2,22,24,25). The van der Waals surface area contributed by atoms with Crippen molar-refractivity contribution in [2.75, 3.05) is 6.54 Å².